The van der Waals surface area contributed by atoms with Gasteiger partial charge in [-0.15, -0.1) is 0 Å². The van der Waals surface area contributed by atoms with E-state index < -0.39 is 0 Å². The van der Waals surface area contributed by atoms with Gasteiger partial charge in [-0.2, -0.15) is 5.26 Å². The van der Waals surface area contributed by atoms with Crippen molar-refractivity contribution in [1.82, 2.24) is 10.2 Å². The Morgan fingerprint density at radius 2 is 2.23 bits per heavy atom. The van der Waals surface area contributed by atoms with Crippen LogP contribution in [0.1, 0.15) is 19.8 Å². The minimum Gasteiger partial charge on any atom is -0.349 e. The molecule has 0 rings (SSSR count). The molecule has 0 aliphatic heterocycles. The first kappa shape index (κ1) is 11.9. The average molecular weight is 183 g/mol. The zero-order valence-corrected chi connectivity index (χ0v) is 8.50. The molecule has 0 aromatic rings. The van der Waals surface area contributed by atoms with Crippen molar-refractivity contribution in [2.75, 3.05) is 20.6 Å². The van der Waals surface area contributed by atoms with Crippen LogP contribution in [0.2, 0.25) is 0 Å². The van der Waals surface area contributed by atoms with E-state index in [1.807, 2.05) is 6.92 Å². The van der Waals surface area contributed by atoms with Crippen molar-refractivity contribution in [3.8, 4) is 6.07 Å². The number of nitriles is 1. The lowest BCUT2D eigenvalue weighted by molar-refractivity contribution is -0.128. The van der Waals surface area contributed by atoms with Gasteiger partial charge >= 0.3 is 0 Å². The SMILES string of the molecule is CCCNC(C#N)CC(=O)N(C)C. The molecule has 0 aliphatic carbocycles. The topological polar surface area (TPSA) is 56.1 Å². The largest absolute Gasteiger partial charge is 0.349 e. The third-order valence-corrected chi connectivity index (χ3v) is 1.67. The second-order valence-corrected chi connectivity index (χ2v) is 3.13. The van der Waals surface area contributed by atoms with E-state index in [0.29, 0.717) is 0 Å². The Hall–Kier alpha value is -1.08. The lowest BCUT2D eigenvalue weighted by atomic mass is 10.2. The van der Waals surface area contributed by atoms with Crippen molar-refractivity contribution in [2.45, 2.75) is 25.8 Å². The van der Waals surface area contributed by atoms with Crippen LogP contribution in [0.5, 0.6) is 0 Å². The van der Waals surface area contributed by atoms with E-state index in [1.165, 1.54) is 4.90 Å². The number of carbonyl (C=O) groups excluding carboxylic acids is 1. The molecule has 0 aromatic carbocycles. The standard InChI is InChI=1S/C9H17N3O/c1-4-5-11-8(7-10)6-9(13)12(2)3/h8,11H,4-6H2,1-3H3. The Morgan fingerprint density at radius 1 is 1.62 bits per heavy atom. The molecule has 0 saturated carbocycles. The summed E-state index contributed by atoms with van der Waals surface area (Å²) >= 11 is 0. The van der Waals surface area contributed by atoms with Crippen molar-refractivity contribution >= 4 is 5.91 Å². The van der Waals surface area contributed by atoms with Crippen LogP contribution in [-0.2, 0) is 4.79 Å². The molecule has 0 fully saturated rings. The molecule has 1 N–H and O–H groups in total. The predicted molar refractivity (Wildman–Crippen MR) is 51.0 cm³/mol. The summed E-state index contributed by atoms with van der Waals surface area (Å²) in [6.45, 7) is 2.80. The summed E-state index contributed by atoms with van der Waals surface area (Å²) in [6, 6.07) is 1.71. The van der Waals surface area contributed by atoms with E-state index >= 15 is 0 Å². The van der Waals surface area contributed by atoms with Gasteiger partial charge in [0.2, 0.25) is 5.91 Å². The Morgan fingerprint density at radius 3 is 2.62 bits per heavy atom. The average Bonchev–Trinajstić information content (AvgIpc) is 2.11. The van der Waals surface area contributed by atoms with Crippen LogP contribution >= 0.6 is 0 Å². The highest BCUT2D eigenvalue weighted by atomic mass is 16.2. The maximum Gasteiger partial charge on any atom is 0.224 e. The van der Waals surface area contributed by atoms with Gasteiger partial charge in [0, 0.05) is 14.1 Å². The molecule has 1 amide bonds. The molecule has 0 saturated heterocycles. The third kappa shape index (κ3) is 5.21. The van der Waals surface area contributed by atoms with Crippen molar-refractivity contribution in [2.24, 2.45) is 0 Å². The van der Waals surface area contributed by atoms with Crippen LogP contribution in [0, 0.1) is 11.3 Å². The van der Waals surface area contributed by atoms with Crippen LogP contribution in [0.3, 0.4) is 0 Å². The Labute approximate surface area is 79.5 Å². The zero-order chi connectivity index (χ0) is 10.3. The van der Waals surface area contributed by atoms with Crippen molar-refractivity contribution in [1.29, 1.82) is 5.26 Å². The molecule has 0 spiro atoms. The smallest absolute Gasteiger partial charge is 0.224 e. The van der Waals surface area contributed by atoms with E-state index in [4.69, 9.17) is 5.26 Å². The summed E-state index contributed by atoms with van der Waals surface area (Å²) in [5.41, 5.74) is 0. The zero-order valence-electron chi connectivity index (χ0n) is 8.50. The van der Waals surface area contributed by atoms with Gasteiger partial charge in [0.1, 0.15) is 6.04 Å². The van der Waals surface area contributed by atoms with E-state index in [9.17, 15) is 4.79 Å². The van der Waals surface area contributed by atoms with E-state index in [-0.39, 0.29) is 18.4 Å². The van der Waals surface area contributed by atoms with Gasteiger partial charge in [-0.1, -0.05) is 6.92 Å². The minimum absolute atomic E-state index is 0.0184. The fourth-order valence-electron chi connectivity index (χ4n) is 0.839. The molecule has 13 heavy (non-hydrogen) atoms. The normalized spacial score (nSPS) is 11.8. The third-order valence-electron chi connectivity index (χ3n) is 1.67. The maximum absolute atomic E-state index is 11.2. The van der Waals surface area contributed by atoms with E-state index in [2.05, 4.69) is 11.4 Å². The monoisotopic (exact) mass is 183 g/mol. The molecule has 0 aliphatic rings. The minimum atomic E-state index is -0.352. The van der Waals surface area contributed by atoms with Crippen molar-refractivity contribution in [3.63, 3.8) is 0 Å². The molecule has 4 nitrogen and oxygen atoms in total. The fraction of sp³-hybridized carbons (Fsp3) is 0.778. The van der Waals surface area contributed by atoms with Crippen molar-refractivity contribution < 1.29 is 4.79 Å². The van der Waals surface area contributed by atoms with E-state index in [0.717, 1.165) is 13.0 Å². The molecule has 0 bridgehead atoms. The van der Waals surface area contributed by atoms with Gasteiger partial charge < -0.3 is 10.2 Å². The lowest BCUT2D eigenvalue weighted by Gasteiger charge is -2.14. The van der Waals surface area contributed by atoms with Gasteiger partial charge in [0.15, 0.2) is 0 Å². The second kappa shape index (κ2) is 6.44. The highest BCUT2D eigenvalue weighted by Crippen LogP contribution is 1.94. The molecular weight excluding hydrogens is 166 g/mol. The summed E-state index contributed by atoms with van der Waals surface area (Å²) < 4.78 is 0. The summed E-state index contributed by atoms with van der Waals surface area (Å²) in [6.07, 6.45) is 1.22. The number of nitrogens with one attached hydrogen (secondary N) is 1. The number of hydrogen-bond acceptors (Lipinski definition) is 3. The first-order chi connectivity index (χ1) is 6.11. The van der Waals surface area contributed by atoms with Gasteiger partial charge in [0.25, 0.3) is 0 Å². The lowest BCUT2D eigenvalue weighted by Crippen LogP contribution is -2.34. The maximum atomic E-state index is 11.2. The summed E-state index contributed by atoms with van der Waals surface area (Å²) in [5.74, 6) is -0.0184. The summed E-state index contributed by atoms with van der Waals surface area (Å²) in [5, 5.41) is 11.7. The van der Waals surface area contributed by atoms with E-state index in [1.54, 1.807) is 14.1 Å². The molecule has 0 aromatic heterocycles. The Balaban J connectivity index is 3.85. The highest BCUT2D eigenvalue weighted by molar-refractivity contribution is 5.76. The number of nitrogens with zero attached hydrogens (tertiary/aromatic N) is 2. The van der Waals surface area contributed by atoms with Crippen LogP contribution in [0.25, 0.3) is 0 Å². The molecule has 0 heterocycles. The quantitative estimate of drug-likeness (QED) is 0.669. The van der Waals surface area contributed by atoms with Crippen molar-refractivity contribution in [3.05, 3.63) is 0 Å². The first-order valence-corrected chi connectivity index (χ1v) is 4.45. The highest BCUT2D eigenvalue weighted by Gasteiger charge is 2.12. The molecule has 74 valence electrons. The van der Waals surface area contributed by atoms with Crippen LogP contribution in [0.4, 0.5) is 0 Å². The molecule has 1 unspecified atom stereocenters. The number of amides is 1. The van der Waals surface area contributed by atoms with Gasteiger partial charge in [0.05, 0.1) is 12.5 Å². The number of carbonyl (C=O) groups is 1. The summed E-state index contributed by atoms with van der Waals surface area (Å²) in [7, 11) is 3.38. The van der Waals surface area contributed by atoms with Crippen LogP contribution in [0.15, 0.2) is 0 Å². The van der Waals surface area contributed by atoms with Crippen LogP contribution in [-0.4, -0.2) is 37.5 Å². The molecule has 4 heteroatoms. The molecular formula is C9H17N3O. The fourth-order valence-corrected chi connectivity index (χ4v) is 0.839. The van der Waals surface area contributed by atoms with Gasteiger partial charge in [-0.25, -0.2) is 0 Å². The first-order valence-electron chi connectivity index (χ1n) is 4.45. The van der Waals surface area contributed by atoms with Gasteiger partial charge in [-0.3, -0.25) is 4.79 Å². The van der Waals surface area contributed by atoms with Gasteiger partial charge in [-0.05, 0) is 13.0 Å². The molecule has 0 radical (unpaired) electrons. The Kier molecular flexibility index (Phi) is 5.90. The number of rotatable bonds is 5. The van der Waals surface area contributed by atoms with Crippen LogP contribution < -0.4 is 5.32 Å². The Bertz CT molecular complexity index is 196. The molecule has 1 atom stereocenters. The summed E-state index contributed by atoms with van der Waals surface area (Å²) in [4.78, 5) is 12.7. The predicted octanol–water partition coefficient (Wildman–Crippen LogP) is 0.356. The second-order valence-electron chi connectivity index (χ2n) is 3.13. The number of hydrogen-bond donors (Lipinski definition) is 1.